The van der Waals surface area contributed by atoms with Crippen LogP contribution in [-0.2, 0) is 14.3 Å². The van der Waals surface area contributed by atoms with Gasteiger partial charge in [0, 0.05) is 6.42 Å². The first kappa shape index (κ1) is 11.1. The Labute approximate surface area is 72.1 Å². The van der Waals surface area contributed by atoms with Crippen LogP contribution in [0.5, 0.6) is 0 Å². The van der Waals surface area contributed by atoms with E-state index in [0.717, 1.165) is 0 Å². The smallest absolute Gasteiger partial charge is 0.322 e. The van der Waals surface area contributed by atoms with Gasteiger partial charge in [-0.2, -0.15) is 0 Å². The van der Waals surface area contributed by atoms with Gasteiger partial charge in [0.05, 0.1) is 6.61 Å². The molecule has 0 heterocycles. The Balaban J connectivity index is 3.32. The lowest BCUT2D eigenvalue weighted by molar-refractivity contribution is -0.145. The molecule has 70 valence electrons. The Morgan fingerprint density at radius 1 is 1.50 bits per heavy atom. The lowest BCUT2D eigenvalue weighted by Crippen LogP contribution is -2.29. The van der Waals surface area contributed by atoms with Crippen LogP contribution in [0.4, 0.5) is 0 Å². The highest BCUT2D eigenvalue weighted by molar-refractivity contribution is 5.76. The monoisotopic (exact) mass is 173 g/mol. The summed E-state index contributed by atoms with van der Waals surface area (Å²) in [6.45, 7) is 3.35. The zero-order valence-electron chi connectivity index (χ0n) is 7.50. The minimum Gasteiger partial charge on any atom is -0.465 e. The van der Waals surface area contributed by atoms with Crippen LogP contribution in [0.1, 0.15) is 26.7 Å². The zero-order valence-corrected chi connectivity index (χ0v) is 7.50. The van der Waals surface area contributed by atoms with Gasteiger partial charge in [-0.15, -0.1) is 0 Å². The summed E-state index contributed by atoms with van der Waals surface area (Å²) in [6, 6.07) is -0.581. The highest BCUT2D eigenvalue weighted by Crippen LogP contribution is 1.92. The van der Waals surface area contributed by atoms with E-state index < -0.39 is 12.0 Å². The maximum atomic E-state index is 10.8. The van der Waals surface area contributed by atoms with E-state index in [1.165, 1.54) is 6.92 Å². The van der Waals surface area contributed by atoms with E-state index in [1.807, 2.05) is 0 Å². The van der Waals surface area contributed by atoms with E-state index in [1.54, 1.807) is 6.92 Å². The fraction of sp³-hybridized carbons (Fsp3) is 0.750. The molecule has 0 fully saturated rings. The van der Waals surface area contributed by atoms with Gasteiger partial charge >= 0.3 is 5.97 Å². The molecule has 2 N–H and O–H groups in total. The fourth-order valence-corrected chi connectivity index (χ4v) is 0.625. The van der Waals surface area contributed by atoms with E-state index in [2.05, 4.69) is 0 Å². The molecule has 0 spiro atoms. The van der Waals surface area contributed by atoms with Crippen molar-refractivity contribution in [3.8, 4) is 0 Å². The Morgan fingerprint density at radius 3 is 2.50 bits per heavy atom. The van der Waals surface area contributed by atoms with Crippen LogP contribution in [0.15, 0.2) is 0 Å². The quantitative estimate of drug-likeness (QED) is 0.478. The number of Topliss-reactive ketones (excluding diaryl/α,β-unsaturated/α-hetero) is 1. The normalized spacial score (nSPS) is 12.2. The van der Waals surface area contributed by atoms with Gasteiger partial charge in [-0.25, -0.2) is 0 Å². The summed E-state index contributed by atoms with van der Waals surface area (Å²) in [6.07, 6.45) is 1.03. The number of carbonyl (C=O) groups excluding carboxylic acids is 2. The molecule has 0 aliphatic carbocycles. The highest BCUT2D eigenvalue weighted by atomic mass is 16.5. The number of carbonyl (C=O) groups is 2. The lowest BCUT2D eigenvalue weighted by Gasteiger charge is -2.05. The molecule has 0 unspecified atom stereocenters. The molecule has 0 radical (unpaired) electrons. The number of ether oxygens (including phenoxy) is 1. The molecule has 0 saturated carbocycles. The predicted molar refractivity (Wildman–Crippen MR) is 44.5 cm³/mol. The first-order valence-electron chi connectivity index (χ1n) is 3.95. The average molecular weight is 173 g/mol. The van der Waals surface area contributed by atoms with Crippen molar-refractivity contribution in [1.82, 2.24) is 0 Å². The summed E-state index contributed by atoms with van der Waals surface area (Å²) < 4.78 is 4.74. The number of esters is 1. The van der Waals surface area contributed by atoms with Crippen LogP contribution in [0.2, 0.25) is 0 Å². The predicted octanol–water partition coefficient (Wildman–Crippen LogP) is 0.246. The molecule has 4 nitrogen and oxygen atoms in total. The number of rotatable bonds is 5. The Kier molecular flexibility index (Phi) is 5.28. The first-order chi connectivity index (χ1) is 5.54. The van der Waals surface area contributed by atoms with Crippen molar-refractivity contribution >= 4 is 11.8 Å². The van der Waals surface area contributed by atoms with Crippen molar-refractivity contribution in [2.75, 3.05) is 6.61 Å². The molecule has 0 amide bonds. The first-order valence-corrected chi connectivity index (χ1v) is 3.95. The SMILES string of the molecule is CC(=O)CCCOC(=O)[C@H](C)N. The summed E-state index contributed by atoms with van der Waals surface area (Å²) in [5.41, 5.74) is 5.24. The van der Waals surface area contributed by atoms with Crippen molar-refractivity contribution in [2.24, 2.45) is 5.73 Å². The number of hydrogen-bond donors (Lipinski definition) is 1. The third-order valence-corrected chi connectivity index (χ3v) is 1.29. The maximum Gasteiger partial charge on any atom is 0.322 e. The Bertz CT molecular complexity index is 166. The topological polar surface area (TPSA) is 69.4 Å². The van der Waals surface area contributed by atoms with Gasteiger partial charge in [-0.1, -0.05) is 0 Å². The molecule has 0 bridgehead atoms. The summed E-state index contributed by atoms with van der Waals surface area (Å²) in [5.74, 6) is -0.314. The zero-order chi connectivity index (χ0) is 9.56. The average Bonchev–Trinajstić information content (AvgIpc) is 1.97. The summed E-state index contributed by atoms with van der Waals surface area (Å²) in [7, 11) is 0. The van der Waals surface area contributed by atoms with Crippen LogP contribution in [0.25, 0.3) is 0 Å². The van der Waals surface area contributed by atoms with Gasteiger partial charge in [-0.05, 0) is 20.3 Å². The second-order valence-electron chi connectivity index (χ2n) is 2.76. The fourth-order valence-electron chi connectivity index (χ4n) is 0.625. The van der Waals surface area contributed by atoms with E-state index in [4.69, 9.17) is 10.5 Å². The second kappa shape index (κ2) is 5.71. The van der Waals surface area contributed by atoms with Gasteiger partial charge in [-0.3, -0.25) is 4.79 Å². The van der Waals surface area contributed by atoms with Crippen LogP contribution < -0.4 is 5.73 Å². The number of hydrogen-bond acceptors (Lipinski definition) is 4. The standard InChI is InChI=1S/C8H15NO3/c1-6(10)4-3-5-12-8(11)7(2)9/h7H,3-5,9H2,1-2H3/t7-/m0/s1. The van der Waals surface area contributed by atoms with Gasteiger partial charge in [0.2, 0.25) is 0 Å². The second-order valence-corrected chi connectivity index (χ2v) is 2.76. The van der Waals surface area contributed by atoms with Crippen LogP contribution in [-0.4, -0.2) is 24.4 Å². The molecule has 1 atom stereocenters. The molecule has 4 heteroatoms. The van der Waals surface area contributed by atoms with Crippen molar-refractivity contribution in [3.63, 3.8) is 0 Å². The van der Waals surface area contributed by atoms with Crippen molar-refractivity contribution in [2.45, 2.75) is 32.7 Å². The van der Waals surface area contributed by atoms with Gasteiger partial charge in [0.1, 0.15) is 11.8 Å². The summed E-state index contributed by atoms with van der Waals surface area (Å²) in [5, 5.41) is 0. The van der Waals surface area contributed by atoms with Crippen LogP contribution in [0, 0.1) is 0 Å². The van der Waals surface area contributed by atoms with Gasteiger partial charge in [0.15, 0.2) is 0 Å². The molecule has 0 rings (SSSR count). The molecular formula is C8H15NO3. The molecule has 0 aliphatic rings. The van der Waals surface area contributed by atoms with Crippen LogP contribution in [0.3, 0.4) is 0 Å². The summed E-state index contributed by atoms with van der Waals surface area (Å²) in [4.78, 5) is 21.2. The summed E-state index contributed by atoms with van der Waals surface area (Å²) >= 11 is 0. The van der Waals surface area contributed by atoms with Crippen LogP contribution >= 0.6 is 0 Å². The Hall–Kier alpha value is -0.900. The minimum absolute atomic E-state index is 0.104. The minimum atomic E-state index is -0.581. The lowest BCUT2D eigenvalue weighted by atomic mass is 10.2. The van der Waals surface area contributed by atoms with Crippen molar-refractivity contribution < 1.29 is 14.3 Å². The van der Waals surface area contributed by atoms with Gasteiger partial charge < -0.3 is 15.3 Å². The maximum absolute atomic E-state index is 10.8. The van der Waals surface area contributed by atoms with E-state index in [9.17, 15) is 9.59 Å². The molecular weight excluding hydrogens is 158 g/mol. The highest BCUT2D eigenvalue weighted by Gasteiger charge is 2.07. The molecule has 0 aromatic rings. The molecule has 0 aliphatic heterocycles. The molecule has 0 saturated heterocycles. The third-order valence-electron chi connectivity index (χ3n) is 1.29. The van der Waals surface area contributed by atoms with Gasteiger partial charge in [0.25, 0.3) is 0 Å². The third kappa shape index (κ3) is 5.85. The van der Waals surface area contributed by atoms with Crippen molar-refractivity contribution in [1.29, 1.82) is 0 Å². The molecule has 0 aromatic heterocycles. The van der Waals surface area contributed by atoms with E-state index >= 15 is 0 Å². The Morgan fingerprint density at radius 2 is 2.08 bits per heavy atom. The number of ketones is 1. The van der Waals surface area contributed by atoms with E-state index in [0.29, 0.717) is 12.8 Å². The van der Waals surface area contributed by atoms with E-state index in [-0.39, 0.29) is 12.4 Å². The molecule has 0 aromatic carbocycles. The molecule has 12 heavy (non-hydrogen) atoms. The largest absolute Gasteiger partial charge is 0.465 e. The van der Waals surface area contributed by atoms with Crippen molar-refractivity contribution in [3.05, 3.63) is 0 Å². The number of nitrogens with two attached hydrogens (primary N) is 1.